The van der Waals surface area contributed by atoms with E-state index in [9.17, 15) is 4.79 Å². The van der Waals surface area contributed by atoms with Crippen LogP contribution in [0.3, 0.4) is 0 Å². The van der Waals surface area contributed by atoms with Gasteiger partial charge in [-0.1, -0.05) is 6.42 Å². The number of likely N-dealkylation sites (tertiary alicyclic amines) is 1. The molecule has 2 heterocycles. The van der Waals surface area contributed by atoms with E-state index in [2.05, 4.69) is 15.2 Å². The molecule has 0 saturated carbocycles. The Hall–Kier alpha value is -1.46. The number of aromatic nitrogens is 1. The lowest BCUT2D eigenvalue weighted by Crippen LogP contribution is -2.40. The number of hydrogen-bond donors (Lipinski definition) is 1. The van der Waals surface area contributed by atoms with Crippen molar-refractivity contribution >= 4 is 5.97 Å². The van der Waals surface area contributed by atoms with Crippen LogP contribution in [-0.4, -0.2) is 49.1 Å². The summed E-state index contributed by atoms with van der Waals surface area (Å²) in [7, 11) is 3.39. The van der Waals surface area contributed by atoms with Crippen LogP contribution >= 0.6 is 0 Å². The lowest BCUT2D eigenvalue weighted by Gasteiger charge is -2.35. The zero-order valence-corrected chi connectivity index (χ0v) is 13.0. The first kappa shape index (κ1) is 15.9. The molecule has 116 valence electrons. The topological polar surface area (TPSA) is 54.5 Å². The number of nitrogens with one attached hydrogen (secondary N) is 1. The number of nitrogens with zero attached hydrogens (tertiary/aromatic N) is 2. The van der Waals surface area contributed by atoms with Gasteiger partial charge in [-0.05, 0) is 51.5 Å². The number of carbonyl (C=O) groups excluding carboxylic acids is 1. The van der Waals surface area contributed by atoms with Crippen LogP contribution in [0.5, 0.6) is 0 Å². The van der Waals surface area contributed by atoms with Gasteiger partial charge in [-0.3, -0.25) is 9.88 Å². The third kappa shape index (κ3) is 4.51. The molecule has 5 nitrogen and oxygen atoms in total. The maximum atomic E-state index is 11.4. The zero-order chi connectivity index (χ0) is 15.1. The Bertz CT molecular complexity index is 447. The summed E-state index contributed by atoms with van der Waals surface area (Å²) >= 11 is 0. The second-order valence-electron chi connectivity index (χ2n) is 5.54. The molecule has 0 amide bonds. The monoisotopic (exact) mass is 291 g/mol. The minimum absolute atomic E-state index is 0.334. The molecule has 0 aromatic carbocycles. The summed E-state index contributed by atoms with van der Waals surface area (Å²) in [5.74, 6) is -0.334. The molecule has 2 rings (SSSR count). The van der Waals surface area contributed by atoms with Gasteiger partial charge in [0.2, 0.25) is 0 Å². The van der Waals surface area contributed by atoms with E-state index >= 15 is 0 Å². The molecule has 1 aromatic heterocycles. The van der Waals surface area contributed by atoms with Gasteiger partial charge >= 0.3 is 5.97 Å². The van der Waals surface area contributed by atoms with Crippen LogP contribution in [-0.2, 0) is 11.3 Å². The van der Waals surface area contributed by atoms with E-state index in [0.29, 0.717) is 11.6 Å². The molecule has 1 aliphatic heterocycles. The fourth-order valence-corrected chi connectivity index (χ4v) is 2.87. The second-order valence-corrected chi connectivity index (χ2v) is 5.54. The molecule has 1 aromatic rings. The van der Waals surface area contributed by atoms with Crippen LogP contribution in [0.4, 0.5) is 0 Å². The Kier molecular flexibility index (Phi) is 6.14. The lowest BCUT2D eigenvalue weighted by atomic mass is 9.99. The van der Waals surface area contributed by atoms with E-state index in [4.69, 9.17) is 4.74 Å². The zero-order valence-electron chi connectivity index (χ0n) is 13.0. The van der Waals surface area contributed by atoms with Crippen molar-refractivity contribution < 1.29 is 9.53 Å². The molecular weight excluding hydrogens is 266 g/mol. The number of hydrogen-bond acceptors (Lipinski definition) is 5. The summed E-state index contributed by atoms with van der Waals surface area (Å²) in [5, 5.41) is 3.23. The van der Waals surface area contributed by atoms with Gasteiger partial charge in [-0.15, -0.1) is 0 Å². The largest absolute Gasteiger partial charge is 0.465 e. The highest BCUT2D eigenvalue weighted by molar-refractivity contribution is 5.88. The van der Waals surface area contributed by atoms with E-state index in [1.54, 1.807) is 12.3 Å². The predicted octanol–water partition coefficient (Wildman–Crippen LogP) is 1.83. The van der Waals surface area contributed by atoms with Gasteiger partial charge in [0.05, 0.1) is 18.4 Å². The number of piperidine rings is 1. The van der Waals surface area contributed by atoms with E-state index in [0.717, 1.165) is 25.3 Å². The van der Waals surface area contributed by atoms with Gasteiger partial charge in [-0.25, -0.2) is 4.79 Å². The molecule has 0 bridgehead atoms. The van der Waals surface area contributed by atoms with E-state index in [1.165, 1.54) is 32.8 Å². The smallest absolute Gasteiger partial charge is 0.339 e. The number of esters is 1. The third-order valence-electron chi connectivity index (χ3n) is 4.09. The van der Waals surface area contributed by atoms with Crippen molar-refractivity contribution in [1.29, 1.82) is 0 Å². The highest BCUT2D eigenvalue weighted by Crippen LogP contribution is 2.21. The predicted molar refractivity (Wildman–Crippen MR) is 82.2 cm³/mol. The van der Waals surface area contributed by atoms with E-state index in [-0.39, 0.29) is 5.97 Å². The SMILES string of the molecule is CNCCC1CCCCN1Cc1ccc(C(=O)OC)cn1. The number of pyridine rings is 1. The first-order valence-electron chi connectivity index (χ1n) is 7.66. The number of rotatable bonds is 6. The van der Waals surface area contributed by atoms with Crippen LogP contribution in [0.25, 0.3) is 0 Å². The van der Waals surface area contributed by atoms with Crippen LogP contribution in [0.2, 0.25) is 0 Å². The summed E-state index contributed by atoms with van der Waals surface area (Å²) in [6.45, 7) is 3.04. The van der Waals surface area contributed by atoms with Crippen LogP contribution in [0.1, 0.15) is 41.7 Å². The molecule has 1 unspecified atom stereocenters. The minimum Gasteiger partial charge on any atom is -0.465 e. The van der Waals surface area contributed by atoms with Crippen molar-refractivity contribution in [2.75, 3.05) is 27.2 Å². The Morgan fingerprint density at radius 3 is 3.00 bits per heavy atom. The molecule has 0 spiro atoms. The van der Waals surface area contributed by atoms with Gasteiger partial charge in [0, 0.05) is 18.8 Å². The van der Waals surface area contributed by atoms with Crippen LogP contribution in [0, 0.1) is 0 Å². The summed E-state index contributed by atoms with van der Waals surface area (Å²) in [4.78, 5) is 18.3. The van der Waals surface area contributed by atoms with Crippen molar-refractivity contribution in [2.45, 2.75) is 38.3 Å². The van der Waals surface area contributed by atoms with Crippen molar-refractivity contribution in [2.24, 2.45) is 0 Å². The van der Waals surface area contributed by atoms with Crippen molar-refractivity contribution in [1.82, 2.24) is 15.2 Å². The fraction of sp³-hybridized carbons (Fsp3) is 0.625. The lowest BCUT2D eigenvalue weighted by molar-refractivity contribution is 0.0600. The van der Waals surface area contributed by atoms with Crippen molar-refractivity contribution in [3.05, 3.63) is 29.6 Å². The molecule has 0 radical (unpaired) electrons. The van der Waals surface area contributed by atoms with E-state index < -0.39 is 0 Å². The molecule has 5 heteroatoms. The molecule has 1 saturated heterocycles. The van der Waals surface area contributed by atoms with Gasteiger partial charge in [0.1, 0.15) is 0 Å². The average Bonchev–Trinajstić information content (AvgIpc) is 2.54. The Morgan fingerprint density at radius 2 is 2.33 bits per heavy atom. The summed E-state index contributed by atoms with van der Waals surface area (Å²) in [6.07, 6.45) is 6.63. The maximum absolute atomic E-state index is 11.4. The maximum Gasteiger partial charge on any atom is 0.339 e. The molecule has 1 N–H and O–H groups in total. The highest BCUT2D eigenvalue weighted by atomic mass is 16.5. The number of ether oxygens (including phenoxy) is 1. The molecule has 1 fully saturated rings. The number of methoxy groups -OCH3 is 1. The summed E-state index contributed by atoms with van der Waals surface area (Å²) in [5.41, 5.74) is 1.52. The summed E-state index contributed by atoms with van der Waals surface area (Å²) in [6, 6.07) is 4.35. The first-order valence-corrected chi connectivity index (χ1v) is 7.66. The number of carbonyl (C=O) groups is 1. The standard InChI is InChI=1S/C16H25N3O2/c1-17-9-8-15-5-3-4-10-19(15)12-14-7-6-13(11-18-14)16(20)21-2/h6-7,11,15,17H,3-5,8-10,12H2,1-2H3. The Morgan fingerprint density at radius 1 is 1.48 bits per heavy atom. The van der Waals surface area contributed by atoms with E-state index in [1.807, 2.05) is 13.1 Å². The fourth-order valence-electron chi connectivity index (χ4n) is 2.87. The highest BCUT2D eigenvalue weighted by Gasteiger charge is 2.22. The average molecular weight is 291 g/mol. The molecule has 21 heavy (non-hydrogen) atoms. The third-order valence-corrected chi connectivity index (χ3v) is 4.09. The molecule has 0 aliphatic carbocycles. The normalized spacial score (nSPS) is 19.4. The first-order chi connectivity index (χ1) is 10.2. The van der Waals surface area contributed by atoms with Gasteiger partial charge < -0.3 is 10.1 Å². The second kappa shape index (κ2) is 8.10. The van der Waals surface area contributed by atoms with Crippen molar-refractivity contribution in [3.8, 4) is 0 Å². The molecule has 1 atom stereocenters. The quantitative estimate of drug-likeness (QED) is 0.810. The minimum atomic E-state index is -0.334. The van der Waals surface area contributed by atoms with Crippen molar-refractivity contribution in [3.63, 3.8) is 0 Å². The molecule has 1 aliphatic rings. The van der Waals surface area contributed by atoms with Gasteiger partial charge in [-0.2, -0.15) is 0 Å². The van der Waals surface area contributed by atoms with Crippen LogP contribution in [0.15, 0.2) is 18.3 Å². The molecular formula is C16H25N3O2. The van der Waals surface area contributed by atoms with Crippen LogP contribution < -0.4 is 5.32 Å². The summed E-state index contributed by atoms with van der Waals surface area (Å²) < 4.78 is 4.69. The van der Waals surface area contributed by atoms with Gasteiger partial charge in [0.15, 0.2) is 0 Å². The Labute approximate surface area is 126 Å². The Balaban J connectivity index is 1.96. The van der Waals surface area contributed by atoms with Gasteiger partial charge in [0.25, 0.3) is 0 Å².